The van der Waals surface area contributed by atoms with E-state index in [9.17, 15) is 13.2 Å². The number of amides is 1. The van der Waals surface area contributed by atoms with E-state index in [1.807, 2.05) is 56.3 Å². The number of fused-ring (bicyclic) bond motifs is 1. The zero-order valence-corrected chi connectivity index (χ0v) is 23.4. The second-order valence-electron chi connectivity index (χ2n) is 9.66. The smallest absolute Gasteiger partial charge is 0.243 e. The maximum atomic E-state index is 14.0. The lowest BCUT2D eigenvalue weighted by atomic mass is 9.96. The van der Waals surface area contributed by atoms with Gasteiger partial charge in [0.05, 0.1) is 23.2 Å². The molecule has 1 aliphatic rings. The van der Waals surface area contributed by atoms with E-state index in [2.05, 4.69) is 0 Å². The molecule has 7 nitrogen and oxygen atoms in total. The summed E-state index contributed by atoms with van der Waals surface area (Å²) in [6.45, 7) is 4.95. The zero-order valence-electron chi connectivity index (χ0n) is 21.8. The fourth-order valence-electron chi connectivity index (χ4n) is 4.81. The first-order valence-corrected chi connectivity index (χ1v) is 14.9. The average molecular weight is 550 g/mol. The molecule has 0 aliphatic carbocycles. The molecule has 1 amide bonds. The summed E-state index contributed by atoms with van der Waals surface area (Å²) in [6.07, 6.45) is 0.922. The lowest BCUT2D eigenvalue weighted by molar-refractivity contribution is -0.123. The Morgan fingerprint density at radius 3 is 2.37 bits per heavy atom. The predicted octanol–water partition coefficient (Wildman–Crippen LogP) is 5.56. The Kier molecular flexibility index (Phi) is 7.52. The number of ether oxygens (including phenoxy) is 1. The van der Waals surface area contributed by atoms with Crippen LogP contribution < -0.4 is 9.64 Å². The van der Waals surface area contributed by atoms with E-state index in [0.717, 1.165) is 26.9 Å². The predicted molar refractivity (Wildman–Crippen MR) is 151 cm³/mol. The summed E-state index contributed by atoms with van der Waals surface area (Å²) in [5, 5.41) is 0.621. The van der Waals surface area contributed by atoms with Gasteiger partial charge in [0, 0.05) is 19.0 Å². The van der Waals surface area contributed by atoms with E-state index in [-0.39, 0.29) is 16.7 Å². The quantitative estimate of drug-likeness (QED) is 0.302. The number of thiazole rings is 1. The van der Waals surface area contributed by atoms with Crippen LogP contribution in [0.15, 0.2) is 71.6 Å². The molecule has 38 heavy (non-hydrogen) atoms. The normalized spacial score (nSPS) is 15.0. The van der Waals surface area contributed by atoms with Gasteiger partial charge in [-0.3, -0.25) is 9.69 Å². The number of benzene rings is 3. The minimum Gasteiger partial charge on any atom is -0.494 e. The zero-order chi connectivity index (χ0) is 26.9. The van der Waals surface area contributed by atoms with Gasteiger partial charge in [-0.2, -0.15) is 4.31 Å². The van der Waals surface area contributed by atoms with Crippen molar-refractivity contribution in [1.82, 2.24) is 9.29 Å². The summed E-state index contributed by atoms with van der Waals surface area (Å²) >= 11 is 1.48. The Labute approximate surface area is 227 Å². The van der Waals surface area contributed by atoms with Crippen LogP contribution >= 0.6 is 11.3 Å². The number of piperidine rings is 1. The minimum atomic E-state index is -3.59. The van der Waals surface area contributed by atoms with Crippen LogP contribution in [0.25, 0.3) is 10.2 Å². The molecule has 2 heterocycles. The molecule has 4 aromatic rings. The number of hydrogen-bond acceptors (Lipinski definition) is 6. The van der Waals surface area contributed by atoms with E-state index in [4.69, 9.17) is 9.72 Å². The van der Waals surface area contributed by atoms with Crippen molar-refractivity contribution in [3.05, 3.63) is 83.4 Å². The molecule has 1 aromatic heterocycles. The standard InChI is InChI=1S/C29H31N3O4S2/c1-20-9-12-24(13-10-20)38(34,35)31-17-15-23(16-18-31)28(33)32(19-22-7-5-4-6-8-22)29-30-26-25(36-3)14-11-21(2)27(26)37-29/h4-14,23H,15-19H2,1-3H3. The van der Waals surface area contributed by atoms with Crippen molar-refractivity contribution < 1.29 is 17.9 Å². The number of anilines is 1. The Balaban J connectivity index is 1.40. The van der Waals surface area contributed by atoms with Crippen molar-refractivity contribution >= 4 is 42.6 Å². The highest BCUT2D eigenvalue weighted by molar-refractivity contribution is 7.89. The average Bonchev–Trinajstić information content (AvgIpc) is 3.39. The van der Waals surface area contributed by atoms with Crippen LogP contribution in [0.4, 0.5) is 5.13 Å². The van der Waals surface area contributed by atoms with Gasteiger partial charge in [0.1, 0.15) is 11.3 Å². The number of aromatic nitrogens is 1. The van der Waals surface area contributed by atoms with Crippen molar-refractivity contribution in [1.29, 1.82) is 0 Å². The number of carbonyl (C=O) groups is 1. The van der Waals surface area contributed by atoms with Crippen molar-refractivity contribution in [3.63, 3.8) is 0 Å². The molecule has 0 atom stereocenters. The van der Waals surface area contributed by atoms with Crippen LogP contribution in [0.5, 0.6) is 5.75 Å². The summed E-state index contributed by atoms with van der Waals surface area (Å²) in [4.78, 5) is 20.9. The first-order valence-electron chi connectivity index (χ1n) is 12.6. The van der Waals surface area contributed by atoms with Gasteiger partial charge in [0.25, 0.3) is 0 Å². The van der Waals surface area contributed by atoms with Gasteiger partial charge < -0.3 is 4.74 Å². The number of nitrogens with zero attached hydrogens (tertiary/aromatic N) is 3. The number of methoxy groups -OCH3 is 1. The van der Waals surface area contributed by atoms with E-state index in [0.29, 0.717) is 43.4 Å². The molecular weight excluding hydrogens is 518 g/mol. The third-order valence-electron chi connectivity index (χ3n) is 7.05. The number of carbonyl (C=O) groups excluding carboxylic acids is 1. The summed E-state index contributed by atoms with van der Waals surface area (Å²) in [7, 11) is -1.97. The van der Waals surface area contributed by atoms with Gasteiger partial charge in [0.15, 0.2) is 5.13 Å². The largest absolute Gasteiger partial charge is 0.494 e. The molecule has 0 radical (unpaired) electrons. The maximum absolute atomic E-state index is 14.0. The lowest BCUT2D eigenvalue weighted by Gasteiger charge is -2.33. The minimum absolute atomic E-state index is 0.0306. The molecule has 0 spiro atoms. The second kappa shape index (κ2) is 10.8. The summed E-state index contributed by atoms with van der Waals surface area (Å²) in [6, 6.07) is 20.7. The molecule has 3 aromatic carbocycles. The molecule has 0 saturated carbocycles. The topological polar surface area (TPSA) is 79.8 Å². The first kappa shape index (κ1) is 26.3. The molecule has 1 saturated heterocycles. The monoisotopic (exact) mass is 549 g/mol. The Bertz CT molecular complexity index is 1540. The molecular formula is C29H31N3O4S2. The van der Waals surface area contributed by atoms with E-state index in [1.165, 1.54) is 15.6 Å². The van der Waals surface area contributed by atoms with E-state index < -0.39 is 10.0 Å². The third kappa shape index (κ3) is 5.18. The summed E-state index contributed by atoms with van der Waals surface area (Å²) in [5.41, 5.74) is 3.83. The van der Waals surface area contributed by atoms with Gasteiger partial charge in [-0.25, -0.2) is 13.4 Å². The Morgan fingerprint density at radius 2 is 1.71 bits per heavy atom. The third-order valence-corrected chi connectivity index (χ3v) is 10.2. The van der Waals surface area contributed by atoms with Crippen molar-refractivity contribution in [2.24, 2.45) is 5.92 Å². The van der Waals surface area contributed by atoms with Crippen molar-refractivity contribution in [3.8, 4) is 5.75 Å². The van der Waals surface area contributed by atoms with Gasteiger partial charge in [-0.15, -0.1) is 0 Å². The first-order chi connectivity index (χ1) is 18.3. The van der Waals surface area contributed by atoms with Crippen LogP contribution in [0.1, 0.15) is 29.5 Å². The molecule has 0 unspecified atom stereocenters. The van der Waals surface area contributed by atoms with Crippen LogP contribution in [-0.2, 0) is 21.4 Å². The SMILES string of the molecule is COc1ccc(C)c2sc(N(Cc3ccccc3)C(=O)C3CCN(S(=O)(=O)c4ccc(C)cc4)CC3)nc12. The maximum Gasteiger partial charge on any atom is 0.243 e. The van der Waals surface area contributed by atoms with Gasteiger partial charge in [-0.1, -0.05) is 65.4 Å². The van der Waals surface area contributed by atoms with Crippen LogP contribution in [-0.4, -0.2) is 43.8 Å². The molecule has 198 valence electrons. The Morgan fingerprint density at radius 1 is 1.03 bits per heavy atom. The molecule has 0 N–H and O–H groups in total. The fraction of sp³-hybridized carbons (Fsp3) is 0.310. The number of rotatable bonds is 7. The van der Waals surface area contributed by atoms with Gasteiger partial charge >= 0.3 is 0 Å². The molecule has 1 fully saturated rings. The van der Waals surface area contributed by atoms with Crippen molar-refractivity contribution in [2.45, 2.75) is 38.1 Å². The van der Waals surface area contributed by atoms with Crippen LogP contribution in [0.3, 0.4) is 0 Å². The number of aryl methyl sites for hydroxylation is 2. The second-order valence-corrected chi connectivity index (χ2v) is 12.6. The van der Waals surface area contributed by atoms with Crippen LogP contribution in [0, 0.1) is 19.8 Å². The number of hydrogen-bond donors (Lipinski definition) is 0. The highest BCUT2D eigenvalue weighted by Crippen LogP contribution is 2.38. The molecule has 0 bridgehead atoms. The highest BCUT2D eigenvalue weighted by Gasteiger charge is 2.35. The molecule has 1 aliphatic heterocycles. The summed E-state index contributed by atoms with van der Waals surface area (Å²) in [5.74, 6) is 0.352. The molecule has 9 heteroatoms. The fourth-order valence-corrected chi connectivity index (χ4v) is 7.33. The lowest BCUT2D eigenvalue weighted by Crippen LogP contribution is -2.44. The van der Waals surface area contributed by atoms with E-state index >= 15 is 0 Å². The highest BCUT2D eigenvalue weighted by atomic mass is 32.2. The Hall–Kier alpha value is -3.27. The summed E-state index contributed by atoms with van der Waals surface area (Å²) < 4.78 is 34.4. The molecule has 5 rings (SSSR count). The van der Waals surface area contributed by atoms with Gasteiger partial charge in [-0.05, 0) is 56.0 Å². The number of sulfonamides is 1. The van der Waals surface area contributed by atoms with Gasteiger partial charge in [0.2, 0.25) is 15.9 Å². The van der Waals surface area contributed by atoms with Crippen molar-refractivity contribution in [2.75, 3.05) is 25.1 Å². The van der Waals surface area contributed by atoms with Crippen LogP contribution in [0.2, 0.25) is 0 Å². The van der Waals surface area contributed by atoms with E-state index in [1.54, 1.807) is 36.3 Å².